The Morgan fingerprint density at radius 2 is 1.87 bits per heavy atom. The smallest absolute Gasteiger partial charge is 0.305 e. The third kappa shape index (κ3) is 7.01. The Bertz CT molecular complexity index is 1050. The molecule has 208 valence electrons. The van der Waals surface area contributed by atoms with Gasteiger partial charge in [-0.05, 0) is 30.7 Å². The summed E-state index contributed by atoms with van der Waals surface area (Å²) in [5, 5.41) is 10.00. The van der Waals surface area contributed by atoms with Crippen molar-refractivity contribution in [1.82, 2.24) is 4.98 Å². The summed E-state index contributed by atoms with van der Waals surface area (Å²) in [6.07, 6.45) is 4.31. The molecule has 2 saturated heterocycles. The van der Waals surface area contributed by atoms with E-state index in [9.17, 15) is 9.90 Å². The molecule has 10 heteroatoms. The van der Waals surface area contributed by atoms with Crippen molar-refractivity contribution in [3.8, 4) is 11.5 Å². The van der Waals surface area contributed by atoms with Gasteiger partial charge in [-0.1, -0.05) is 18.5 Å². The van der Waals surface area contributed by atoms with E-state index >= 15 is 0 Å². The first-order chi connectivity index (χ1) is 18.4. The number of hydrogen-bond donors (Lipinski definition) is 1. The molecule has 2 fully saturated rings. The van der Waals surface area contributed by atoms with Crippen LogP contribution < -0.4 is 19.3 Å². The maximum absolute atomic E-state index is 11.6. The summed E-state index contributed by atoms with van der Waals surface area (Å²) in [6, 6.07) is 9.76. The molecular weight excluding hydrogens is 510 g/mol. The van der Waals surface area contributed by atoms with Gasteiger partial charge in [0.2, 0.25) is 0 Å². The van der Waals surface area contributed by atoms with Crippen LogP contribution in [0.4, 0.5) is 11.4 Å². The molecule has 1 aromatic heterocycles. The molecule has 4 rings (SSSR count). The van der Waals surface area contributed by atoms with Crippen molar-refractivity contribution in [2.45, 2.75) is 50.9 Å². The van der Waals surface area contributed by atoms with Crippen LogP contribution in [-0.4, -0.2) is 81.4 Å². The molecule has 0 unspecified atom stereocenters. The van der Waals surface area contributed by atoms with Crippen LogP contribution in [0.1, 0.15) is 32.6 Å². The molecule has 2 aromatic rings. The zero-order chi connectivity index (χ0) is 27.1. The first kappa shape index (κ1) is 28.3. The number of ether oxygens (including phenoxy) is 4. The van der Waals surface area contributed by atoms with E-state index in [1.807, 2.05) is 30.3 Å². The first-order valence-electron chi connectivity index (χ1n) is 13.2. The monoisotopic (exact) mass is 547 g/mol. The maximum Gasteiger partial charge on any atom is 0.305 e. The van der Waals surface area contributed by atoms with E-state index in [2.05, 4.69) is 21.7 Å². The van der Waals surface area contributed by atoms with Gasteiger partial charge >= 0.3 is 5.97 Å². The van der Waals surface area contributed by atoms with Crippen molar-refractivity contribution in [1.29, 1.82) is 0 Å². The Morgan fingerprint density at radius 3 is 2.53 bits per heavy atom. The minimum absolute atomic E-state index is 0.0226. The number of rotatable bonds is 12. The van der Waals surface area contributed by atoms with E-state index in [-0.39, 0.29) is 30.6 Å². The SMILES string of the molecule is COCCCO[C@H]1CN(c2ccc(OC3CCN(c4cc(OC)cnc4Cl)CC3)cc2)[C@@H](CC(=O)O)[C@@H]1C. The first-order valence-corrected chi connectivity index (χ1v) is 13.6. The fourth-order valence-corrected chi connectivity index (χ4v) is 5.54. The summed E-state index contributed by atoms with van der Waals surface area (Å²) in [6.45, 7) is 5.61. The predicted octanol–water partition coefficient (Wildman–Crippen LogP) is 4.51. The second-order valence-electron chi connectivity index (χ2n) is 9.92. The van der Waals surface area contributed by atoms with Crippen molar-refractivity contribution in [3.05, 3.63) is 41.7 Å². The van der Waals surface area contributed by atoms with E-state index in [1.54, 1.807) is 20.4 Å². The number of carboxylic acid groups (broad SMARTS) is 1. The predicted molar refractivity (Wildman–Crippen MR) is 147 cm³/mol. The lowest BCUT2D eigenvalue weighted by molar-refractivity contribution is -0.137. The molecule has 0 radical (unpaired) electrons. The summed E-state index contributed by atoms with van der Waals surface area (Å²) in [7, 11) is 3.29. The second-order valence-corrected chi connectivity index (χ2v) is 10.3. The van der Waals surface area contributed by atoms with Crippen molar-refractivity contribution in [3.63, 3.8) is 0 Å². The second kappa shape index (κ2) is 13.4. The Morgan fingerprint density at radius 1 is 1.13 bits per heavy atom. The zero-order valence-corrected chi connectivity index (χ0v) is 23.1. The highest BCUT2D eigenvalue weighted by Crippen LogP contribution is 2.35. The number of benzene rings is 1. The maximum atomic E-state index is 11.6. The van der Waals surface area contributed by atoms with Crippen molar-refractivity contribution < 1.29 is 28.8 Å². The number of methoxy groups -OCH3 is 2. The molecule has 0 saturated carbocycles. The number of carbonyl (C=O) groups is 1. The van der Waals surface area contributed by atoms with Gasteiger partial charge in [-0.15, -0.1) is 0 Å². The van der Waals surface area contributed by atoms with Crippen molar-refractivity contribution in [2.75, 3.05) is 56.9 Å². The number of hydrogen-bond acceptors (Lipinski definition) is 8. The normalized spacial score (nSPS) is 22.1. The Hall–Kier alpha value is -2.75. The highest BCUT2D eigenvalue weighted by atomic mass is 35.5. The van der Waals surface area contributed by atoms with Gasteiger partial charge in [0.1, 0.15) is 17.6 Å². The summed E-state index contributed by atoms with van der Waals surface area (Å²) in [5.74, 6) is 0.791. The highest BCUT2D eigenvalue weighted by molar-refractivity contribution is 6.32. The summed E-state index contributed by atoms with van der Waals surface area (Å²) in [5.41, 5.74) is 1.86. The summed E-state index contributed by atoms with van der Waals surface area (Å²) in [4.78, 5) is 20.2. The van der Waals surface area contributed by atoms with Gasteiger partial charge in [0.05, 0.1) is 31.5 Å². The lowest BCUT2D eigenvalue weighted by Gasteiger charge is -2.34. The van der Waals surface area contributed by atoms with Crippen molar-refractivity contribution >= 4 is 28.9 Å². The highest BCUT2D eigenvalue weighted by Gasteiger charge is 2.40. The van der Waals surface area contributed by atoms with Gasteiger partial charge in [-0.2, -0.15) is 0 Å². The van der Waals surface area contributed by atoms with Gasteiger partial charge in [0.15, 0.2) is 5.15 Å². The zero-order valence-electron chi connectivity index (χ0n) is 22.3. The fourth-order valence-electron chi connectivity index (χ4n) is 5.32. The van der Waals surface area contributed by atoms with E-state index < -0.39 is 5.97 Å². The topological polar surface area (TPSA) is 93.6 Å². The molecule has 3 atom stereocenters. The van der Waals surface area contributed by atoms with Gasteiger partial charge in [-0.25, -0.2) is 4.98 Å². The molecule has 0 aliphatic carbocycles. The van der Waals surface area contributed by atoms with Gasteiger partial charge in [0, 0.05) is 76.5 Å². The average Bonchev–Trinajstić information content (AvgIpc) is 3.22. The van der Waals surface area contributed by atoms with E-state index in [0.717, 1.165) is 49.5 Å². The molecule has 0 bridgehead atoms. The number of nitrogens with zero attached hydrogens (tertiary/aromatic N) is 3. The van der Waals surface area contributed by atoms with Crippen LogP contribution in [-0.2, 0) is 14.3 Å². The summed E-state index contributed by atoms with van der Waals surface area (Å²) < 4.78 is 22.8. The van der Waals surface area contributed by atoms with Gasteiger partial charge < -0.3 is 33.9 Å². The van der Waals surface area contributed by atoms with Crippen LogP contribution in [0.2, 0.25) is 5.15 Å². The third-order valence-corrected chi connectivity index (χ3v) is 7.75. The largest absolute Gasteiger partial charge is 0.495 e. The summed E-state index contributed by atoms with van der Waals surface area (Å²) >= 11 is 6.33. The minimum Gasteiger partial charge on any atom is -0.495 e. The van der Waals surface area contributed by atoms with Crippen molar-refractivity contribution in [2.24, 2.45) is 5.92 Å². The van der Waals surface area contributed by atoms with Crippen LogP contribution in [0.15, 0.2) is 36.5 Å². The Balaban J connectivity index is 1.34. The van der Waals surface area contributed by atoms with E-state index in [4.69, 9.17) is 30.5 Å². The van der Waals surface area contributed by atoms with Gasteiger partial charge in [0.25, 0.3) is 0 Å². The van der Waals surface area contributed by atoms with Gasteiger partial charge in [-0.3, -0.25) is 4.79 Å². The lowest BCUT2D eigenvalue weighted by atomic mass is 9.97. The number of aliphatic carboxylic acids is 1. The van der Waals surface area contributed by atoms with E-state index in [1.165, 1.54) is 0 Å². The number of halogens is 1. The molecular formula is C28H38ClN3O6. The molecule has 2 aliphatic heterocycles. The van der Waals surface area contributed by atoms with Crippen LogP contribution >= 0.6 is 11.6 Å². The molecule has 1 aromatic carbocycles. The number of carboxylic acids is 1. The quantitative estimate of drug-likeness (QED) is 0.304. The fraction of sp³-hybridized carbons (Fsp3) is 0.571. The Kier molecular flexibility index (Phi) is 9.93. The molecule has 2 aliphatic rings. The van der Waals surface area contributed by atoms with Crippen LogP contribution in [0.3, 0.4) is 0 Å². The standard InChI is InChI=1S/C28H38ClN3O6/c1-19-24(16-27(33)34)32(18-26(19)37-14-4-13-35-2)20-5-7-21(8-6-20)38-22-9-11-31(12-10-22)25-15-23(36-3)17-30-28(25)29/h5-8,15,17,19,22,24,26H,4,9-14,16,18H2,1-3H3,(H,33,34)/t19-,24-,26-/m0/s1. The van der Waals surface area contributed by atoms with Crippen LogP contribution in [0, 0.1) is 5.92 Å². The number of anilines is 2. The lowest BCUT2D eigenvalue weighted by Crippen LogP contribution is -2.38. The number of aromatic nitrogens is 1. The molecule has 3 heterocycles. The van der Waals surface area contributed by atoms with Crippen LogP contribution in [0.25, 0.3) is 0 Å². The average molecular weight is 548 g/mol. The van der Waals surface area contributed by atoms with Crippen LogP contribution in [0.5, 0.6) is 11.5 Å². The molecule has 9 nitrogen and oxygen atoms in total. The minimum atomic E-state index is -0.802. The third-order valence-electron chi connectivity index (χ3n) is 7.46. The molecule has 0 amide bonds. The molecule has 1 N–H and O–H groups in total. The number of piperidine rings is 1. The van der Waals surface area contributed by atoms with E-state index in [0.29, 0.717) is 30.7 Å². The molecule has 0 spiro atoms. The molecule has 38 heavy (non-hydrogen) atoms. The number of pyridine rings is 1. The Labute approximate surface area is 229 Å².